The Hall–Kier alpha value is -3.32. The second-order valence-corrected chi connectivity index (χ2v) is 9.83. The maximum Gasteiger partial charge on any atom is 0.0387 e. The first-order chi connectivity index (χ1) is 15.2. The average molecular weight is 420 g/mol. The standard InChI is InChI=1S/C31H33N/c1-8-12-21(3)24-17-15-22(19-28(24)30(4,5)9-2)32-23-16-18-26-25-13-10-11-14-27(25)31(6,7)29(26)20-23/h8-20,32H,1-2H2,3-7H3/b21-12+. The maximum absolute atomic E-state index is 4.08. The van der Waals surface area contributed by atoms with E-state index in [4.69, 9.17) is 0 Å². The molecule has 0 unspecified atom stereocenters. The molecule has 0 bridgehead atoms. The van der Waals surface area contributed by atoms with Gasteiger partial charge in [-0.2, -0.15) is 0 Å². The van der Waals surface area contributed by atoms with Crippen molar-refractivity contribution >= 4 is 16.9 Å². The van der Waals surface area contributed by atoms with Gasteiger partial charge in [0.1, 0.15) is 0 Å². The number of allylic oxidation sites excluding steroid dienone is 4. The molecule has 0 saturated carbocycles. The van der Waals surface area contributed by atoms with Gasteiger partial charge in [-0.15, -0.1) is 6.58 Å². The van der Waals surface area contributed by atoms with Crippen LogP contribution in [0, 0.1) is 0 Å². The fourth-order valence-corrected chi connectivity index (χ4v) is 4.82. The van der Waals surface area contributed by atoms with E-state index in [-0.39, 0.29) is 10.8 Å². The molecule has 3 aromatic rings. The first-order valence-corrected chi connectivity index (χ1v) is 11.3. The number of fused-ring (bicyclic) bond motifs is 3. The van der Waals surface area contributed by atoms with Crippen molar-refractivity contribution in [3.63, 3.8) is 0 Å². The second kappa shape index (κ2) is 7.98. The highest BCUT2D eigenvalue weighted by atomic mass is 14.9. The van der Waals surface area contributed by atoms with Gasteiger partial charge >= 0.3 is 0 Å². The topological polar surface area (TPSA) is 12.0 Å². The lowest BCUT2D eigenvalue weighted by atomic mass is 9.80. The van der Waals surface area contributed by atoms with E-state index in [2.05, 4.69) is 120 Å². The van der Waals surface area contributed by atoms with Crippen molar-refractivity contribution in [2.24, 2.45) is 0 Å². The largest absolute Gasteiger partial charge is 0.356 e. The van der Waals surface area contributed by atoms with Gasteiger partial charge in [0.25, 0.3) is 0 Å². The van der Waals surface area contributed by atoms with Gasteiger partial charge in [-0.05, 0) is 70.1 Å². The molecule has 1 heteroatoms. The normalized spacial score (nSPS) is 14.5. The van der Waals surface area contributed by atoms with Gasteiger partial charge in [0, 0.05) is 22.2 Å². The fraction of sp³-hybridized carbons (Fsp3) is 0.226. The summed E-state index contributed by atoms with van der Waals surface area (Å²) in [7, 11) is 0. The molecule has 162 valence electrons. The molecule has 0 amide bonds. The molecule has 1 nitrogen and oxygen atoms in total. The van der Waals surface area contributed by atoms with Gasteiger partial charge in [-0.1, -0.05) is 88.9 Å². The van der Waals surface area contributed by atoms with Crippen molar-refractivity contribution in [2.75, 3.05) is 5.32 Å². The SMILES string of the molecule is C=C/C=C(\C)c1ccc(Nc2ccc3c(c2)C(C)(C)c2ccccc2-3)cc1C(C)(C)C=C. The van der Waals surface area contributed by atoms with E-state index in [1.54, 1.807) is 0 Å². The van der Waals surface area contributed by atoms with Crippen LogP contribution in [-0.4, -0.2) is 0 Å². The Bertz CT molecular complexity index is 1240. The summed E-state index contributed by atoms with van der Waals surface area (Å²) in [6, 6.07) is 22.1. The Labute approximate surface area is 193 Å². The summed E-state index contributed by atoms with van der Waals surface area (Å²) in [5.41, 5.74) is 11.2. The van der Waals surface area contributed by atoms with Crippen LogP contribution < -0.4 is 5.32 Å². The molecule has 0 heterocycles. The number of rotatable bonds is 6. The summed E-state index contributed by atoms with van der Waals surface area (Å²) in [6.07, 6.45) is 5.92. The van der Waals surface area contributed by atoms with Crippen LogP contribution in [0.3, 0.4) is 0 Å². The summed E-state index contributed by atoms with van der Waals surface area (Å²) in [5, 5.41) is 3.66. The van der Waals surface area contributed by atoms with Crippen molar-refractivity contribution in [1.29, 1.82) is 0 Å². The summed E-state index contributed by atoms with van der Waals surface area (Å²) in [4.78, 5) is 0. The zero-order chi connectivity index (χ0) is 23.1. The number of benzene rings is 3. The Morgan fingerprint density at radius 1 is 0.875 bits per heavy atom. The molecule has 1 aliphatic rings. The third kappa shape index (κ3) is 3.62. The number of hydrogen-bond donors (Lipinski definition) is 1. The van der Waals surface area contributed by atoms with E-state index in [0.717, 1.165) is 11.4 Å². The molecule has 0 fully saturated rings. The van der Waals surface area contributed by atoms with E-state index in [0.29, 0.717) is 0 Å². The number of nitrogens with one attached hydrogen (secondary N) is 1. The summed E-state index contributed by atoms with van der Waals surface area (Å²) in [6.45, 7) is 19.1. The zero-order valence-corrected chi connectivity index (χ0v) is 19.9. The number of hydrogen-bond acceptors (Lipinski definition) is 1. The van der Waals surface area contributed by atoms with Crippen molar-refractivity contribution in [2.45, 2.75) is 45.4 Å². The highest BCUT2D eigenvalue weighted by molar-refractivity contribution is 5.83. The van der Waals surface area contributed by atoms with Gasteiger partial charge in [0.2, 0.25) is 0 Å². The highest BCUT2D eigenvalue weighted by Crippen LogP contribution is 2.49. The van der Waals surface area contributed by atoms with E-state index >= 15 is 0 Å². The minimum absolute atomic E-state index is 0.00391. The molecule has 0 aliphatic heterocycles. The second-order valence-electron chi connectivity index (χ2n) is 9.83. The molecule has 0 saturated heterocycles. The monoisotopic (exact) mass is 419 g/mol. The van der Waals surface area contributed by atoms with Gasteiger partial charge in [0.05, 0.1) is 0 Å². The molecule has 0 spiro atoms. The fourth-order valence-electron chi connectivity index (χ4n) is 4.82. The first-order valence-electron chi connectivity index (χ1n) is 11.3. The lowest BCUT2D eigenvalue weighted by Gasteiger charge is -2.26. The van der Waals surface area contributed by atoms with Crippen LogP contribution in [0.25, 0.3) is 16.7 Å². The van der Waals surface area contributed by atoms with Gasteiger partial charge in [-0.3, -0.25) is 0 Å². The van der Waals surface area contributed by atoms with E-state index in [1.807, 2.05) is 12.2 Å². The lowest BCUT2D eigenvalue weighted by molar-refractivity contribution is 0.660. The van der Waals surface area contributed by atoms with E-state index in [1.165, 1.54) is 39.0 Å². The molecule has 1 N–H and O–H groups in total. The van der Waals surface area contributed by atoms with Crippen LogP contribution in [-0.2, 0) is 10.8 Å². The molecular weight excluding hydrogens is 386 g/mol. The van der Waals surface area contributed by atoms with Gasteiger partial charge in [-0.25, -0.2) is 0 Å². The molecule has 0 atom stereocenters. The number of anilines is 2. The van der Waals surface area contributed by atoms with Crippen LogP contribution >= 0.6 is 0 Å². The predicted octanol–water partition coefficient (Wildman–Crippen LogP) is 8.79. The molecule has 32 heavy (non-hydrogen) atoms. The highest BCUT2D eigenvalue weighted by Gasteiger charge is 2.35. The average Bonchev–Trinajstić information content (AvgIpc) is 3.01. The Balaban J connectivity index is 1.74. The molecule has 3 aromatic carbocycles. The Kier molecular flexibility index (Phi) is 5.46. The minimum Gasteiger partial charge on any atom is -0.356 e. The van der Waals surface area contributed by atoms with Crippen LogP contribution in [0.1, 0.15) is 56.9 Å². The molecule has 1 aliphatic carbocycles. The van der Waals surface area contributed by atoms with Crippen LogP contribution in [0.5, 0.6) is 0 Å². The van der Waals surface area contributed by atoms with Gasteiger partial charge in [0.15, 0.2) is 0 Å². The van der Waals surface area contributed by atoms with Crippen LogP contribution in [0.2, 0.25) is 0 Å². The van der Waals surface area contributed by atoms with Crippen LogP contribution in [0.15, 0.2) is 92.0 Å². The summed E-state index contributed by atoms with van der Waals surface area (Å²) < 4.78 is 0. The third-order valence-electron chi connectivity index (χ3n) is 6.89. The van der Waals surface area contributed by atoms with Crippen molar-refractivity contribution in [3.05, 3.63) is 114 Å². The Morgan fingerprint density at radius 3 is 2.25 bits per heavy atom. The smallest absolute Gasteiger partial charge is 0.0387 e. The first kappa shape index (κ1) is 21.9. The predicted molar refractivity (Wildman–Crippen MR) is 141 cm³/mol. The van der Waals surface area contributed by atoms with E-state index in [9.17, 15) is 0 Å². The van der Waals surface area contributed by atoms with Crippen molar-refractivity contribution in [1.82, 2.24) is 0 Å². The van der Waals surface area contributed by atoms with Crippen LogP contribution in [0.4, 0.5) is 11.4 Å². The van der Waals surface area contributed by atoms with Crippen molar-refractivity contribution < 1.29 is 0 Å². The van der Waals surface area contributed by atoms with E-state index < -0.39 is 0 Å². The third-order valence-corrected chi connectivity index (χ3v) is 6.89. The van der Waals surface area contributed by atoms with Crippen molar-refractivity contribution in [3.8, 4) is 11.1 Å². The zero-order valence-electron chi connectivity index (χ0n) is 19.9. The molecule has 0 aromatic heterocycles. The summed E-state index contributed by atoms with van der Waals surface area (Å²) in [5.74, 6) is 0. The maximum atomic E-state index is 4.08. The summed E-state index contributed by atoms with van der Waals surface area (Å²) >= 11 is 0. The molecule has 4 rings (SSSR count). The van der Waals surface area contributed by atoms with Gasteiger partial charge < -0.3 is 5.32 Å². The Morgan fingerprint density at radius 2 is 1.53 bits per heavy atom. The lowest BCUT2D eigenvalue weighted by Crippen LogP contribution is -2.16. The molecule has 0 radical (unpaired) electrons. The molecular formula is C31H33N. The minimum atomic E-state index is -0.148. The quantitative estimate of drug-likeness (QED) is 0.311.